The van der Waals surface area contributed by atoms with Gasteiger partial charge in [0, 0.05) is 6.04 Å². The van der Waals surface area contributed by atoms with Crippen molar-refractivity contribution in [1.82, 2.24) is 4.72 Å². The second kappa shape index (κ2) is 5.68. The van der Waals surface area contributed by atoms with E-state index in [2.05, 4.69) is 4.72 Å². The summed E-state index contributed by atoms with van der Waals surface area (Å²) in [5, 5.41) is 9.02. The summed E-state index contributed by atoms with van der Waals surface area (Å²) >= 11 is 5.84. The average Bonchev–Trinajstić information content (AvgIpc) is 2.28. The molecule has 0 aliphatic heterocycles. The number of halogens is 1. The maximum Gasteiger partial charge on any atom is 0.240 e. The molecule has 1 rings (SSSR count). The molecule has 96 valence electrons. The van der Waals surface area contributed by atoms with Crippen molar-refractivity contribution < 1.29 is 18.3 Å². The minimum Gasteiger partial charge on any atom is -0.495 e. The molecule has 0 fully saturated rings. The van der Waals surface area contributed by atoms with E-state index in [4.69, 9.17) is 21.4 Å². The molecule has 0 aliphatic rings. The van der Waals surface area contributed by atoms with Crippen molar-refractivity contribution in [3.63, 3.8) is 0 Å². The Hall–Kier alpha value is -0.820. The zero-order valence-corrected chi connectivity index (χ0v) is 11.0. The average molecular weight is 280 g/mol. The van der Waals surface area contributed by atoms with Crippen LogP contribution in [0.3, 0.4) is 0 Å². The van der Waals surface area contributed by atoms with Gasteiger partial charge in [0.15, 0.2) is 0 Å². The first-order chi connectivity index (χ1) is 7.90. The molecule has 17 heavy (non-hydrogen) atoms. The summed E-state index contributed by atoms with van der Waals surface area (Å²) in [7, 11) is -2.22. The molecule has 1 aromatic rings. The molecule has 7 heteroatoms. The van der Waals surface area contributed by atoms with Crippen LogP contribution in [0.15, 0.2) is 23.1 Å². The summed E-state index contributed by atoms with van der Waals surface area (Å²) in [5.74, 6) is 0.404. The predicted octanol–water partition coefficient (Wildman–Crippen LogP) is 1.01. The number of nitrogens with one attached hydrogen (secondary N) is 1. The van der Waals surface area contributed by atoms with Gasteiger partial charge in [-0.25, -0.2) is 13.1 Å². The minimum atomic E-state index is -3.67. The highest BCUT2D eigenvalue weighted by Crippen LogP contribution is 2.26. The number of sulfonamides is 1. The molecule has 1 atom stereocenters. The third kappa shape index (κ3) is 3.57. The van der Waals surface area contributed by atoms with Gasteiger partial charge in [-0.05, 0) is 25.1 Å². The molecule has 0 amide bonds. The van der Waals surface area contributed by atoms with Gasteiger partial charge < -0.3 is 9.84 Å². The van der Waals surface area contributed by atoms with E-state index in [9.17, 15) is 8.42 Å². The van der Waals surface area contributed by atoms with Gasteiger partial charge in [-0.15, -0.1) is 0 Å². The van der Waals surface area contributed by atoms with E-state index in [-0.39, 0.29) is 16.5 Å². The molecule has 0 radical (unpaired) electrons. The lowest BCUT2D eigenvalue weighted by molar-refractivity contribution is 0.265. The van der Waals surface area contributed by atoms with Crippen LogP contribution in [-0.2, 0) is 10.0 Å². The lowest BCUT2D eigenvalue weighted by Crippen LogP contribution is -2.34. The Morgan fingerprint density at radius 2 is 2.18 bits per heavy atom. The van der Waals surface area contributed by atoms with Crippen molar-refractivity contribution in [2.45, 2.75) is 17.9 Å². The third-order valence-electron chi connectivity index (χ3n) is 2.06. The maximum absolute atomic E-state index is 11.8. The van der Waals surface area contributed by atoms with Crippen LogP contribution in [0.25, 0.3) is 0 Å². The Bertz CT molecular complexity index is 489. The van der Waals surface area contributed by atoms with Crippen LogP contribution < -0.4 is 9.46 Å². The molecule has 0 saturated heterocycles. The summed E-state index contributed by atoms with van der Waals surface area (Å²) in [6.45, 7) is 1.28. The molecule has 0 unspecified atom stereocenters. The predicted molar refractivity (Wildman–Crippen MR) is 64.9 cm³/mol. The number of rotatable bonds is 5. The second-order valence-electron chi connectivity index (χ2n) is 3.50. The molecule has 1 aromatic carbocycles. The molecule has 0 heterocycles. The number of hydrogen-bond donors (Lipinski definition) is 2. The van der Waals surface area contributed by atoms with Gasteiger partial charge in [0.1, 0.15) is 5.75 Å². The van der Waals surface area contributed by atoms with Crippen LogP contribution in [0.4, 0.5) is 0 Å². The Morgan fingerprint density at radius 1 is 1.53 bits per heavy atom. The third-order valence-corrected chi connectivity index (χ3v) is 3.95. The highest BCUT2D eigenvalue weighted by molar-refractivity contribution is 7.89. The smallest absolute Gasteiger partial charge is 0.240 e. The van der Waals surface area contributed by atoms with Crippen molar-refractivity contribution in [2.75, 3.05) is 13.7 Å². The zero-order valence-electron chi connectivity index (χ0n) is 9.47. The molecule has 0 saturated carbocycles. The molecule has 2 N–H and O–H groups in total. The summed E-state index contributed by atoms with van der Waals surface area (Å²) in [5.41, 5.74) is 0. The van der Waals surface area contributed by atoms with Crippen LogP contribution in [0.2, 0.25) is 5.02 Å². The number of ether oxygens (including phenoxy) is 1. The van der Waals surface area contributed by atoms with Crippen LogP contribution in [0, 0.1) is 0 Å². The lowest BCUT2D eigenvalue weighted by atomic mass is 10.3. The fourth-order valence-corrected chi connectivity index (χ4v) is 2.77. The van der Waals surface area contributed by atoms with Crippen molar-refractivity contribution in [3.8, 4) is 5.75 Å². The molecule has 0 aliphatic carbocycles. The Balaban J connectivity index is 3.04. The summed E-state index contributed by atoms with van der Waals surface area (Å²) in [6.07, 6.45) is 0. The first kappa shape index (κ1) is 14.2. The first-order valence-corrected chi connectivity index (χ1v) is 6.73. The summed E-state index contributed by atoms with van der Waals surface area (Å²) in [6, 6.07) is 3.60. The largest absolute Gasteiger partial charge is 0.495 e. The van der Waals surface area contributed by atoms with E-state index in [1.54, 1.807) is 6.92 Å². The SMILES string of the molecule is COc1ccc(S(=O)(=O)N[C@H](C)CO)cc1Cl. The molecule has 5 nitrogen and oxygen atoms in total. The standard InChI is InChI=1S/C10H14ClNO4S/c1-7(6-13)12-17(14,15)8-3-4-10(16-2)9(11)5-8/h3-5,7,12-13H,6H2,1-2H3/t7-/m1/s1. The van der Waals surface area contributed by atoms with Crippen molar-refractivity contribution in [3.05, 3.63) is 23.2 Å². The zero-order chi connectivity index (χ0) is 13.1. The quantitative estimate of drug-likeness (QED) is 0.843. The van der Waals surface area contributed by atoms with Gasteiger partial charge in [0.25, 0.3) is 0 Å². The molecular weight excluding hydrogens is 266 g/mol. The highest BCUT2D eigenvalue weighted by Gasteiger charge is 2.18. The summed E-state index contributed by atoms with van der Waals surface area (Å²) in [4.78, 5) is 0.0311. The van der Waals surface area contributed by atoms with Crippen LogP contribution >= 0.6 is 11.6 Å². The molecule has 0 spiro atoms. The van der Waals surface area contributed by atoms with Crippen LogP contribution in [-0.4, -0.2) is 33.3 Å². The van der Waals surface area contributed by atoms with Crippen LogP contribution in [0.1, 0.15) is 6.92 Å². The molecular formula is C10H14ClNO4S. The number of hydrogen-bond acceptors (Lipinski definition) is 4. The van der Waals surface area contributed by atoms with E-state index in [1.165, 1.54) is 25.3 Å². The van der Waals surface area contributed by atoms with Gasteiger partial charge in [-0.2, -0.15) is 0 Å². The van der Waals surface area contributed by atoms with Crippen molar-refractivity contribution in [2.24, 2.45) is 0 Å². The van der Waals surface area contributed by atoms with E-state index >= 15 is 0 Å². The Labute approximate surface area is 105 Å². The summed E-state index contributed by atoms with van der Waals surface area (Å²) < 4.78 is 30.9. The number of aliphatic hydroxyl groups excluding tert-OH is 1. The fourth-order valence-electron chi connectivity index (χ4n) is 1.18. The Kier molecular flexibility index (Phi) is 4.76. The number of benzene rings is 1. The monoisotopic (exact) mass is 279 g/mol. The van der Waals surface area contributed by atoms with Gasteiger partial charge in [0.2, 0.25) is 10.0 Å². The van der Waals surface area contributed by atoms with Gasteiger partial charge >= 0.3 is 0 Å². The Morgan fingerprint density at radius 3 is 2.65 bits per heavy atom. The van der Waals surface area contributed by atoms with Gasteiger partial charge in [0.05, 0.1) is 23.6 Å². The van der Waals surface area contributed by atoms with Crippen molar-refractivity contribution >= 4 is 21.6 Å². The van der Waals surface area contributed by atoms with E-state index in [0.29, 0.717) is 5.75 Å². The molecule has 0 aromatic heterocycles. The van der Waals surface area contributed by atoms with Crippen LogP contribution in [0.5, 0.6) is 5.75 Å². The van der Waals surface area contributed by atoms with E-state index < -0.39 is 16.1 Å². The lowest BCUT2D eigenvalue weighted by Gasteiger charge is -2.12. The number of aliphatic hydroxyl groups is 1. The normalized spacial score (nSPS) is 13.4. The van der Waals surface area contributed by atoms with E-state index in [0.717, 1.165) is 0 Å². The van der Waals surface area contributed by atoms with Gasteiger partial charge in [-0.1, -0.05) is 11.6 Å². The number of methoxy groups -OCH3 is 1. The van der Waals surface area contributed by atoms with Crippen molar-refractivity contribution in [1.29, 1.82) is 0 Å². The minimum absolute atomic E-state index is 0.0311. The highest BCUT2D eigenvalue weighted by atomic mass is 35.5. The maximum atomic E-state index is 11.8. The van der Waals surface area contributed by atoms with Gasteiger partial charge in [-0.3, -0.25) is 0 Å². The molecule has 0 bridgehead atoms. The van der Waals surface area contributed by atoms with E-state index in [1.807, 2.05) is 0 Å². The second-order valence-corrected chi connectivity index (χ2v) is 5.62. The first-order valence-electron chi connectivity index (χ1n) is 4.87. The fraction of sp³-hybridized carbons (Fsp3) is 0.400. The topological polar surface area (TPSA) is 75.6 Å².